The van der Waals surface area contributed by atoms with Gasteiger partial charge in [0.15, 0.2) is 5.78 Å². The van der Waals surface area contributed by atoms with Crippen molar-refractivity contribution in [1.82, 2.24) is 0 Å². The Labute approximate surface area is 147 Å². The molecule has 0 atom stereocenters. The summed E-state index contributed by atoms with van der Waals surface area (Å²) in [5, 5.41) is 3.28. The first kappa shape index (κ1) is 15.2. The highest BCUT2D eigenvalue weighted by Crippen LogP contribution is 2.35. The quantitative estimate of drug-likeness (QED) is 0.664. The van der Waals surface area contributed by atoms with Crippen LogP contribution in [-0.2, 0) is 0 Å². The predicted octanol–water partition coefficient (Wildman–Crippen LogP) is 5.29. The van der Waals surface area contributed by atoms with Crippen LogP contribution in [0.4, 0.5) is 5.69 Å². The van der Waals surface area contributed by atoms with Gasteiger partial charge in [0.2, 0.25) is 0 Å². The summed E-state index contributed by atoms with van der Waals surface area (Å²) in [6.45, 7) is 4.04. The zero-order valence-electron chi connectivity index (χ0n) is 13.7. The molecular formula is C23H17NO. The van der Waals surface area contributed by atoms with Crippen molar-refractivity contribution in [3.05, 3.63) is 119 Å². The largest absolute Gasteiger partial charge is 0.355 e. The molecule has 0 fully saturated rings. The van der Waals surface area contributed by atoms with Crippen molar-refractivity contribution in [3.63, 3.8) is 0 Å². The number of allylic oxidation sites excluding steroid dienone is 1. The molecule has 1 aliphatic rings. The first-order valence-electron chi connectivity index (χ1n) is 8.19. The van der Waals surface area contributed by atoms with Gasteiger partial charge in [-0.25, -0.2) is 0 Å². The number of hydrogen-bond donors (Lipinski definition) is 1. The summed E-state index contributed by atoms with van der Waals surface area (Å²) in [5.41, 5.74) is 6.38. The van der Waals surface area contributed by atoms with Crippen molar-refractivity contribution < 1.29 is 4.79 Å². The summed E-state index contributed by atoms with van der Waals surface area (Å²) < 4.78 is 0. The molecule has 25 heavy (non-hydrogen) atoms. The Kier molecular flexibility index (Phi) is 3.79. The van der Waals surface area contributed by atoms with Gasteiger partial charge in [0.25, 0.3) is 0 Å². The molecule has 3 aromatic carbocycles. The second-order valence-corrected chi connectivity index (χ2v) is 6.03. The lowest BCUT2D eigenvalue weighted by Gasteiger charge is -2.22. The summed E-state index contributed by atoms with van der Waals surface area (Å²) in [5.74, 6) is 0.0280. The van der Waals surface area contributed by atoms with Gasteiger partial charge in [-0.1, -0.05) is 67.2 Å². The second kappa shape index (κ2) is 6.25. The third-order valence-corrected chi connectivity index (χ3v) is 4.31. The number of hydrogen-bond acceptors (Lipinski definition) is 2. The fourth-order valence-electron chi connectivity index (χ4n) is 3.09. The minimum Gasteiger partial charge on any atom is -0.355 e. The maximum atomic E-state index is 12.8. The van der Waals surface area contributed by atoms with E-state index in [9.17, 15) is 4.79 Å². The monoisotopic (exact) mass is 323 g/mol. The SMILES string of the molecule is C=C1C=C(c2ccccc2)c2cc(C(=O)c3ccccc3)ccc2N1. The van der Waals surface area contributed by atoms with Gasteiger partial charge in [-0.15, -0.1) is 0 Å². The summed E-state index contributed by atoms with van der Waals surface area (Å²) in [4.78, 5) is 12.8. The molecule has 1 aliphatic heterocycles. The van der Waals surface area contributed by atoms with Crippen LogP contribution in [0.3, 0.4) is 0 Å². The van der Waals surface area contributed by atoms with Crippen molar-refractivity contribution >= 4 is 17.0 Å². The average molecular weight is 323 g/mol. The zero-order chi connectivity index (χ0) is 17.2. The topological polar surface area (TPSA) is 29.1 Å². The molecule has 0 spiro atoms. The number of carbonyl (C=O) groups excluding carboxylic acids is 1. The van der Waals surface area contributed by atoms with Crippen molar-refractivity contribution in [1.29, 1.82) is 0 Å². The number of benzene rings is 3. The minimum atomic E-state index is 0.0280. The Balaban J connectivity index is 1.81. The van der Waals surface area contributed by atoms with Crippen LogP contribution >= 0.6 is 0 Å². The summed E-state index contributed by atoms with van der Waals surface area (Å²) >= 11 is 0. The summed E-state index contributed by atoms with van der Waals surface area (Å²) in [6.07, 6.45) is 2.02. The van der Waals surface area contributed by atoms with Crippen LogP contribution in [0, 0.1) is 0 Å². The Morgan fingerprint density at radius 1 is 0.800 bits per heavy atom. The van der Waals surface area contributed by atoms with Crippen molar-refractivity contribution in [2.24, 2.45) is 0 Å². The van der Waals surface area contributed by atoms with Crippen LogP contribution in [0.2, 0.25) is 0 Å². The van der Waals surface area contributed by atoms with Gasteiger partial charge < -0.3 is 5.32 Å². The van der Waals surface area contributed by atoms with E-state index in [1.807, 2.05) is 72.8 Å². The Morgan fingerprint density at radius 3 is 2.20 bits per heavy atom. The molecule has 0 amide bonds. The molecule has 2 nitrogen and oxygen atoms in total. The third-order valence-electron chi connectivity index (χ3n) is 4.31. The number of fused-ring (bicyclic) bond motifs is 1. The van der Waals surface area contributed by atoms with E-state index >= 15 is 0 Å². The van der Waals surface area contributed by atoms with E-state index in [2.05, 4.69) is 24.0 Å². The van der Waals surface area contributed by atoms with Crippen LogP contribution in [0.1, 0.15) is 27.0 Å². The first-order valence-corrected chi connectivity index (χ1v) is 8.19. The fraction of sp³-hybridized carbons (Fsp3) is 0. The van der Waals surface area contributed by atoms with Gasteiger partial charge in [0.1, 0.15) is 0 Å². The van der Waals surface area contributed by atoms with E-state index in [1.54, 1.807) is 0 Å². The first-order chi connectivity index (χ1) is 12.2. The molecule has 0 unspecified atom stereocenters. The average Bonchev–Trinajstić information content (AvgIpc) is 2.68. The van der Waals surface area contributed by atoms with Crippen molar-refractivity contribution in [3.8, 4) is 0 Å². The van der Waals surface area contributed by atoms with Crippen molar-refractivity contribution in [2.45, 2.75) is 0 Å². The fourth-order valence-corrected chi connectivity index (χ4v) is 3.09. The Bertz CT molecular complexity index is 985. The molecule has 0 saturated carbocycles. The van der Waals surface area contributed by atoms with Gasteiger partial charge in [-0.05, 0) is 35.4 Å². The number of ketones is 1. The van der Waals surface area contributed by atoms with Gasteiger partial charge >= 0.3 is 0 Å². The van der Waals surface area contributed by atoms with E-state index in [1.165, 1.54) is 0 Å². The molecule has 0 saturated heterocycles. The highest BCUT2D eigenvalue weighted by atomic mass is 16.1. The minimum absolute atomic E-state index is 0.0280. The Hall–Kier alpha value is -3.39. The highest BCUT2D eigenvalue weighted by molar-refractivity contribution is 6.10. The molecule has 0 bridgehead atoms. The lowest BCUT2D eigenvalue weighted by Crippen LogP contribution is -2.09. The van der Waals surface area contributed by atoms with E-state index in [4.69, 9.17) is 0 Å². The smallest absolute Gasteiger partial charge is 0.193 e. The molecule has 0 radical (unpaired) electrons. The molecule has 1 heterocycles. The van der Waals surface area contributed by atoms with E-state index in [-0.39, 0.29) is 5.78 Å². The van der Waals surface area contributed by atoms with Crippen LogP contribution in [-0.4, -0.2) is 5.78 Å². The van der Waals surface area contributed by atoms with Gasteiger partial charge in [-0.3, -0.25) is 4.79 Å². The number of anilines is 1. The standard InChI is InChI=1S/C23H17NO/c1-16-14-20(17-8-4-2-5-9-17)21-15-19(12-13-22(21)24-16)23(25)18-10-6-3-7-11-18/h2-15,24H,1H2. The molecule has 0 aromatic heterocycles. The Morgan fingerprint density at radius 2 is 1.48 bits per heavy atom. The summed E-state index contributed by atoms with van der Waals surface area (Å²) in [6, 6.07) is 25.3. The zero-order valence-corrected chi connectivity index (χ0v) is 13.7. The number of rotatable bonds is 3. The molecule has 1 N–H and O–H groups in total. The van der Waals surface area contributed by atoms with Gasteiger partial charge in [-0.2, -0.15) is 0 Å². The lowest BCUT2D eigenvalue weighted by molar-refractivity contribution is 0.103. The normalized spacial score (nSPS) is 12.8. The van der Waals surface area contributed by atoms with Crippen LogP contribution < -0.4 is 5.32 Å². The van der Waals surface area contributed by atoms with E-state index < -0.39 is 0 Å². The summed E-state index contributed by atoms with van der Waals surface area (Å²) in [7, 11) is 0. The maximum absolute atomic E-state index is 12.8. The molecule has 3 aromatic rings. The third kappa shape index (κ3) is 2.90. The maximum Gasteiger partial charge on any atom is 0.193 e. The van der Waals surface area contributed by atoms with Crippen LogP contribution in [0.25, 0.3) is 5.57 Å². The van der Waals surface area contributed by atoms with Crippen molar-refractivity contribution in [2.75, 3.05) is 5.32 Å². The molecule has 0 aliphatic carbocycles. The molecular weight excluding hydrogens is 306 g/mol. The van der Waals surface area contributed by atoms with Gasteiger partial charge in [0, 0.05) is 28.1 Å². The van der Waals surface area contributed by atoms with Crippen LogP contribution in [0.5, 0.6) is 0 Å². The van der Waals surface area contributed by atoms with E-state index in [0.717, 1.165) is 28.1 Å². The van der Waals surface area contributed by atoms with E-state index in [0.29, 0.717) is 11.1 Å². The highest BCUT2D eigenvalue weighted by Gasteiger charge is 2.18. The number of nitrogens with one attached hydrogen (secondary N) is 1. The number of carbonyl (C=O) groups is 1. The molecule has 2 heteroatoms. The van der Waals surface area contributed by atoms with Crippen LogP contribution in [0.15, 0.2) is 97.2 Å². The molecule has 4 rings (SSSR count). The predicted molar refractivity (Wildman–Crippen MR) is 103 cm³/mol. The lowest BCUT2D eigenvalue weighted by atomic mass is 9.90. The second-order valence-electron chi connectivity index (χ2n) is 6.03. The molecule has 120 valence electrons. The van der Waals surface area contributed by atoms with Gasteiger partial charge in [0.05, 0.1) is 0 Å².